The smallest absolute Gasteiger partial charge is 0.261 e. The van der Waals surface area contributed by atoms with Crippen molar-refractivity contribution >= 4 is 37.3 Å². The molecule has 3 aromatic carbocycles. The molecular weight excluding hydrogens is 514 g/mol. The van der Waals surface area contributed by atoms with Crippen molar-refractivity contribution in [1.29, 1.82) is 0 Å². The number of rotatable bonds is 8. The van der Waals surface area contributed by atoms with E-state index in [0.29, 0.717) is 24.4 Å². The Morgan fingerprint density at radius 3 is 2.16 bits per heavy atom. The van der Waals surface area contributed by atoms with Crippen LogP contribution in [-0.4, -0.2) is 47.2 Å². The van der Waals surface area contributed by atoms with Gasteiger partial charge >= 0.3 is 0 Å². The lowest BCUT2D eigenvalue weighted by atomic mass is 10.1. The molecule has 3 aromatic rings. The van der Waals surface area contributed by atoms with Crippen molar-refractivity contribution in [3.05, 3.63) is 77.4 Å². The van der Waals surface area contributed by atoms with E-state index >= 15 is 0 Å². The molecule has 37 heavy (non-hydrogen) atoms. The normalized spacial score (nSPS) is 14.4. The van der Waals surface area contributed by atoms with E-state index in [2.05, 4.69) is 10.0 Å². The molecule has 9 nitrogen and oxygen atoms in total. The Kier molecular flexibility index (Phi) is 7.58. The number of carbonyl (C=O) groups is 1. The molecule has 0 radical (unpaired) electrons. The van der Waals surface area contributed by atoms with Gasteiger partial charge in [-0.3, -0.25) is 9.52 Å². The highest BCUT2D eigenvalue weighted by molar-refractivity contribution is 7.92. The summed E-state index contributed by atoms with van der Waals surface area (Å²) in [5.41, 5.74) is 2.01. The molecule has 0 spiro atoms. The predicted molar refractivity (Wildman–Crippen MR) is 142 cm³/mol. The molecule has 11 heteroatoms. The monoisotopic (exact) mass is 543 g/mol. The maximum atomic E-state index is 13.2. The highest BCUT2D eigenvalue weighted by Crippen LogP contribution is 2.31. The number of anilines is 2. The Balaban J connectivity index is 1.61. The van der Waals surface area contributed by atoms with E-state index in [1.165, 1.54) is 41.7 Å². The fraction of sp³-hybridized carbons (Fsp3) is 0.269. The molecule has 1 aliphatic heterocycles. The quantitative estimate of drug-likeness (QED) is 0.440. The zero-order valence-corrected chi connectivity index (χ0v) is 22.4. The van der Waals surface area contributed by atoms with E-state index < -0.39 is 26.0 Å². The first-order chi connectivity index (χ1) is 17.5. The molecule has 1 aliphatic rings. The first-order valence-corrected chi connectivity index (χ1v) is 14.6. The Morgan fingerprint density at radius 2 is 1.51 bits per heavy atom. The third kappa shape index (κ3) is 5.63. The molecule has 1 saturated heterocycles. The number of hydrogen-bond acceptors (Lipinski definition) is 6. The molecule has 0 saturated carbocycles. The summed E-state index contributed by atoms with van der Waals surface area (Å²) in [6.45, 7) is 4.41. The molecule has 1 heterocycles. The molecule has 0 atom stereocenters. The van der Waals surface area contributed by atoms with Crippen LogP contribution in [-0.2, 0) is 20.0 Å². The Morgan fingerprint density at radius 1 is 0.865 bits per heavy atom. The third-order valence-corrected chi connectivity index (χ3v) is 9.55. The zero-order chi connectivity index (χ0) is 26.8. The van der Waals surface area contributed by atoms with Crippen LogP contribution in [0, 0.1) is 13.8 Å². The van der Waals surface area contributed by atoms with Gasteiger partial charge in [0.2, 0.25) is 10.0 Å². The van der Waals surface area contributed by atoms with Crippen LogP contribution in [0.5, 0.6) is 5.75 Å². The van der Waals surface area contributed by atoms with E-state index in [1.807, 2.05) is 6.92 Å². The highest BCUT2D eigenvalue weighted by atomic mass is 32.2. The number of amides is 1. The maximum absolute atomic E-state index is 13.2. The Hall–Kier alpha value is -3.41. The number of carbonyl (C=O) groups excluding carboxylic acids is 1. The van der Waals surface area contributed by atoms with Gasteiger partial charge in [-0.2, -0.15) is 4.31 Å². The predicted octanol–water partition coefficient (Wildman–Crippen LogP) is 4.15. The van der Waals surface area contributed by atoms with Gasteiger partial charge in [0.1, 0.15) is 5.75 Å². The van der Waals surface area contributed by atoms with E-state index in [9.17, 15) is 21.6 Å². The minimum absolute atomic E-state index is 0.0573. The number of aryl methyl sites for hydroxylation is 1. The lowest BCUT2D eigenvalue weighted by Crippen LogP contribution is -2.28. The summed E-state index contributed by atoms with van der Waals surface area (Å²) in [6, 6.07) is 15.5. The van der Waals surface area contributed by atoms with Gasteiger partial charge in [0.25, 0.3) is 15.9 Å². The van der Waals surface area contributed by atoms with Gasteiger partial charge in [-0.05, 0) is 74.7 Å². The lowest BCUT2D eigenvalue weighted by Gasteiger charge is -2.18. The zero-order valence-electron chi connectivity index (χ0n) is 20.8. The van der Waals surface area contributed by atoms with Crippen LogP contribution in [0.15, 0.2) is 70.5 Å². The Bertz CT molecular complexity index is 1530. The van der Waals surface area contributed by atoms with Crippen LogP contribution >= 0.6 is 0 Å². The van der Waals surface area contributed by atoms with Gasteiger partial charge < -0.3 is 10.1 Å². The molecule has 1 amide bonds. The van der Waals surface area contributed by atoms with Crippen molar-refractivity contribution in [2.45, 2.75) is 36.5 Å². The van der Waals surface area contributed by atoms with E-state index in [-0.39, 0.29) is 26.7 Å². The van der Waals surface area contributed by atoms with Crippen LogP contribution in [0.25, 0.3) is 0 Å². The molecule has 2 N–H and O–H groups in total. The molecular formula is C26H29N3O6S2. The molecule has 0 unspecified atom stereocenters. The Labute approximate surface area is 217 Å². The standard InChI is InChI=1S/C26H29N3O6S2/c1-18-9-11-20(12-10-18)36(31,32)28-23-8-6-7-22(19(23)2)26(30)27-24-17-21(13-14-25(24)35-3)37(33,34)29-15-4-5-16-29/h6-14,17,28H,4-5,15-16H2,1-3H3,(H,27,30). The summed E-state index contributed by atoms with van der Waals surface area (Å²) in [5, 5.41) is 2.73. The molecule has 0 bridgehead atoms. The number of nitrogens with one attached hydrogen (secondary N) is 2. The minimum atomic E-state index is -3.87. The van der Waals surface area contributed by atoms with Gasteiger partial charge in [-0.15, -0.1) is 0 Å². The summed E-state index contributed by atoms with van der Waals surface area (Å²) in [7, 11) is -6.15. The maximum Gasteiger partial charge on any atom is 0.261 e. The average Bonchev–Trinajstić information content (AvgIpc) is 3.41. The summed E-state index contributed by atoms with van der Waals surface area (Å²) in [5.74, 6) is -0.245. The minimum Gasteiger partial charge on any atom is -0.495 e. The molecule has 1 fully saturated rings. The van der Waals surface area contributed by atoms with Gasteiger partial charge in [-0.25, -0.2) is 16.8 Å². The van der Waals surface area contributed by atoms with E-state index in [1.54, 1.807) is 37.3 Å². The molecule has 0 aliphatic carbocycles. The second-order valence-corrected chi connectivity index (χ2v) is 12.4. The number of methoxy groups -OCH3 is 1. The molecule has 4 rings (SSSR count). The highest BCUT2D eigenvalue weighted by Gasteiger charge is 2.28. The second-order valence-electron chi connectivity index (χ2n) is 8.82. The molecule has 196 valence electrons. The summed E-state index contributed by atoms with van der Waals surface area (Å²) < 4.78 is 61.1. The topological polar surface area (TPSA) is 122 Å². The fourth-order valence-corrected chi connectivity index (χ4v) is 6.79. The van der Waals surface area contributed by atoms with Crippen molar-refractivity contribution in [2.75, 3.05) is 30.2 Å². The van der Waals surface area contributed by atoms with Crippen molar-refractivity contribution in [2.24, 2.45) is 0 Å². The van der Waals surface area contributed by atoms with Crippen LogP contribution in [0.2, 0.25) is 0 Å². The van der Waals surface area contributed by atoms with Gasteiger partial charge in [-0.1, -0.05) is 23.8 Å². The van der Waals surface area contributed by atoms with Gasteiger partial charge in [0.05, 0.1) is 28.3 Å². The van der Waals surface area contributed by atoms with Crippen molar-refractivity contribution < 1.29 is 26.4 Å². The van der Waals surface area contributed by atoms with Crippen LogP contribution in [0.3, 0.4) is 0 Å². The fourth-order valence-electron chi connectivity index (χ4n) is 4.13. The summed E-state index contributed by atoms with van der Waals surface area (Å²) in [6.07, 6.45) is 1.62. The number of sulfonamides is 2. The summed E-state index contributed by atoms with van der Waals surface area (Å²) >= 11 is 0. The van der Waals surface area contributed by atoms with E-state index in [4.69, 9.17) is 4.74 Å². The van der Waals surface area contributed by atoms with Crippen molar-refractivity contribution in [3.8, 4) is 5.75 Å². The van der Waals surface area contributed by atoms with Gasteiger partial charge in [0.15, 0.2) is 0 Å². The van der Waals surface area contributed by atoms with Gasteiger partial charge in [0, 0.05) is 18.7 Å². The SMILES string of the molecule is COc1ccc(S(=O)(=O)N2CCCC2)cc1NC(=O)c1cccc(NS(=O)(=O)c2ccc(C)cc2)c1C. The van der Waals surface area contributed by atoms with Crippen molar-refractivity contribution in [1.82, 2.24) is 4.31 Å². The number of hydrogen-bond donors (Lipinski definition) is 2. The molecule has 0 aromatic heterocycles. The average molecular weight is 544 g/mol. The third-order valence-electron chi connectivity index (χ3n) is 6.28. The number of benzene rings is 3. The van der Waals surface area contributed by atoms with Crippen LogP contribution < -0.4 is 14.8 Å². The first-order valence-electron chi connectivity index (χ1n) is 11.7. The van der Waals surface area contributed by atoms with Crippen molar-refractivity contribution in [3.63, 3.8) is 0 Å². The summed E-state index contributed by atoms with van der Waals surface area (Å²) in [4.78, 5) is 13.4. The second kappa shape index (κ2) is 10.5. The number of nitrogens with zero attached hydrogens (tertiary/aromatic N) is 1. The van der Waals surface area contributed by atoms with Crippen LogP contribution in [0.1, 0.15) is 34.3 Å². The largest absolute Gasteiger partial charge is 0.495 e. The first kappa shape index (κ1) is 26.6. The van der Waals surface area contributed by atoms with E-state index in [0.717, 1.165) is 18.4 Å². The van der Waals surface area contributed by atoms with Crippen LogP contribution in [0.4, 0.5) is 11.4 Å². The lowest BCUT2D eigenvalue weighted by molar-refractivity contribution is 0.102. The number of ether oxygens (including phenoxy) is 1.